The lowest BCUT2D eigenvalue weighted by Crippen LogP contribution is -2.50. The minimum Gasteiger partial charge on any atom is -0.342 e. The van der Waals surface area contributed by atoms with Gasteiger partial charge in [-0.3, -0.25) is 9.78 Å². The molecule has 134 valence electrons. The predicted molar refractivity (Wildman–Crippen MR) is 100 cm³/mol. The average molecular weight is 348 g/mol. The van der Waals surface area contributed by atoms with Crippen LogP contribution in [-0.4, -0.2) is 34.9 Å². The van der Waals surface area contributed by atoms with Crippen molar-refractivity contribution in [2.45, 2.75) is 38.1 Å². The van der Waals surface area contributed by atoms with Gasteiger partial charge in [0.15, 0.2) is 0 Å². The van der Waals surface area contributed by atoms with Gasteiger partial charge in [-0.25, -0.2) is 0 Å². The van der Waals surface area contributed by atoms with Crippen molar-refractivity contribution in [2.24, 2.45) is 17.6 Å². The Balaban J connectivity index is 1.64. The molecule has 1 aromatic carbocycles. The third-order valence-corrected chi connectivity index (χ3v) is 5.86. The van der Waals surface area contributed by atoms with Gasteiger partial charge in [-0.15, -0.1) is 0 Å². The van der Waals surface area contributed by atoms with E-state index in [1.807, 2.05) is 29.2 Å². The zero-order chi connectivity index (χ0) is 18.3. The number of benzene rings is 1. The summed E-state index contributed by atoms with van der Waals surface area (Å²) >= 11 is 0. The van der Waals surface area contributed by atoms with Gasteiger partial charge in [0.25, 0.3) is 0 Å². The van der Waals surface area contributed by atoms with Crippen LogP contribution in [0.4, 0.5) is 0 Å². The van der Waals surface area contributed by atoms with Crippen molar-refractivity contribution in [1.82, 2.24) is 9.88 Å². The van der Waals surface area contributed by atoms with E-state index in [-0.39, 0.29) is 23.8 Å². The zero-order valence-corrected chi connectivity index (χ0v) is 15.1. The lowest BCUT2D eigenvalue weighted by Gasteiger charge is -2.41. The maximum absolute atomic E-state index is 12.8. The van der Waals surface area contributed by atoms with E-state index in [9.17, 15) is 10.1 Å². The fourth-order valence-electron chi connectivity index (χ4n) is 4.52. The van der Waals surface area contributed by atoms with Crippen LogP contribution in [0, 0.1) is 23.2 Å². The van der Waals surface area contributed by atoms with Crippen LogP contribution in [0.25, 0.3) is 10.9 Å². The molecule has 1 aromatic heterocycles. The summed E-state index contributed by atoms with van der Waals surface area (Å²) < 4.78 is 0. The Bertz CT molecular complexity index is 881. The van der Waals surface area contributed by atoms with Crippen LogP contribution in [0.5, 0.6) is 0 Å². The molecule has 2 heterocycles. The first kappa shape index (κ1) is 17.0. The molecular formula is C21H24N4O. The lowest BCUT2D eigenvalue weighted by molar-refractivity contribution is -0.140. The third kappa shape index (κ3) is 2.95. The van der Waals surface area contributed by atoms with Gasteiger partial charge in [-0.2, -0.15) is 5.26 Å². The number of amides is 1. The van der Waals surface area contributed by atoms with Gasteiger partial charge in [0.05, 0.1) is 11.1 Å². The van der Waals surface area contributed by atoms with Gasteiger partial charge in [0, 0.05) is 42.6 Å². The van der Waals surface area contributed by atoms with E-state index in [4.69, 9.17) is 5.73 Å². The van der Waals surface area contributed by atoms with Crippen molar-refractivity contribution in [2.75, 3.05) is 13.1 Å². The summed E-state index contributed by atoms with van der Waals surface area (Å²) in [4.78, 5) is 19.3. The van der Waals surface area contributed by atoms with E-state index in [2.05, 4.69) is 18.0 Å². The van der Waals surface area contributed by atoms with Gasteiger partial charge >= 0.3 is 0 Å². The highest BCUT2D eigenvalue weighted by molar-refractivity contribution is 5.87. The molecular weight excluding hydrogens is 324 g/mol. The molecule has 0 bridgehead atoms. The minimum absolute atomic E-state index is 0.107. The van der Waals surface area contributed by atoms with Gasteiger partial charge in [0.1, 0.15) is 6.07 Å². The number of fused-ring (bicyclic) bond motifs is 1. The molecule has 0 radical (unpaired) electrons. The van der Waals surface area contributed by atoms with Crippen LogP contribution >= 0.6 is 0 Å². The van der Waals surface area contributed by atoms with Crippen molar-refractivity contribution >= 4 is 16.8 Å². The molecule has 1 aliphatic carbocycles. The lowest BCUT2D eigenvalue weighted by atomic mass is 9.78. The van der Waals surface area contributed by atoms with Crippen LogP contribution in [0.2, 0.25) is 0 Å². The fraction of sp³-hybridized carbons (Fsp3) is 0.476. The summed E-state index contributed by atoms with van der Waals surface area (Å²) in [7, 11) is 0. The minimum atomic E-state index is 0.107. The number of piperidine rings is 1. The first-order chi connectivity index (χ1) is 12.6. The van der Waals surface area contributed by atoms with Gasteiger partial charge < -0.3 is 10.6 Å². The number of pyridine rings is 1. The highest BCUT2D eigenvalue weighted by atomic mass is 16.2. The smallest absolute Gasteiger partial charge is 0.225 e. The highest BCUT2D eigenvalue weighted by Crippen LogP contribution is 2.36. The molecule has 4 rings (SSSR count). The first-order valence-electron chi connectivity index (χ1n) is 9.39. The summed E-state index contributed by atoms with van der Waals surface area (Å²) in [5.41, 5.74) is 8.42. The number of aromatic nitrogens is 1. The zero-order valence-electron chi connectivity index (χ0n) is 15.1. The Morgan fingerprint density at radius 3 is 2.81 bits per heavy atom. The molecule has 1 amide bonds. The number of hydrogen-bond donors (Lipinski definition) is 1. The molecule has 2 aliphatic rings. The summed E-state index contributed by atoms with van der Waals surface area (Å²) in [5.74, 6) is 1.10. The number of hydrogen-bond acceptors (Lipinski definition) is 4. The standard InChI is InChI=1S/C21H24N4O/c1-13-7-16(12-25(11-13)21(26)15-8-17(23)9-15)18-5-4-14(10-22)20-19(18)3-2-6-24-20/h2-6,13,15-17H,7-9,11-12,23H2,1H3/t13-,15?,16-,17?/m1/s1. The van der Waals surface area contributed by atoms with E-state index < -0.39 is 0 Å². The molecule has 0 spiro atoms. The number of rotatable bonds is 2. The second-order valence-corrected chi connectivity index (χ2v) is 7.92. The second kappa shape index (κ2) is 6.69. The molecule has 5 nitrogen and oxygen atoms in total. The van der Waals surface area contributed by atoms with Crippen LogP contribution in [0.3, 0.4) is 0 Å². The van der Waals surface area contributed by atoms with Crippen LogP contribution in [-0.2, 0) is 4.79 Å². The predicted octanol–water partition coefficient (Wildman–Crippen LogP) is 2.80. The normalized spacial score (nSPS) is 28.4. The van der Waals surface area contributed by atoms with E-state index >= 15 is 0 Å². The molecule has 2 N–H and O–H groups in total. The van der Waals surface area contributed by atoms with E-state index in [0.29, 0.717) is 11.5 Å². The molecule has 5 heteroatoms. The Hall–Kier alpha value is -2.45. The Morgan fingerprint density at radius 1 is 1.27 bits per heavy atom. The van der Waals surface area contributed by atoms with Crippen LogP contribution in [0.1, 0.15) is 43.2 Å². The summed E-state index contributed by atoms with van der Waals surface area (Å²) in [5, 5.41) is 10.4. The van der Waals surface area contributed by atoms with Crippen LogP contribution < -0.4 is 5.73 Å². The van der Waals surface area contributed by atoms with Gasteiger partial charge in [-0.05, 0) is 42.9 Å². The number of nitrogens with zero attached hydrogens (tertiary/aromatic N) is 3. The molecule has 2 aromatic rings. The molecule has 1 saturated carbocycles. The Labute approximate surface area is 153 Å². The summed E-state index contributed by atoms with van der Waals surface area (Å²) in [6, 6.07) is 10.3. The van der Waals surface area contributed by atoms with Crippen molar-refractivity contribution in [3.05, 3.63) is 41.6 Å². The number of likely N-dealkylation sites (tertiary alicyclic amines) is 1. The van der Waals surface area contributed by atoms with Gasteiger partial charge in [0.2, 0.25) is 5.91 Å². The third-order valence-electron chi connectivity index (χ3n) is 5.86. The number of carbonyl (C=O) groups excluding carboxylic acids is 1. The second-order valence-electron chi connectivity index (χ2n) is 7.92. The number of nitrogens with two attached hydrogens (primary N) is 1. The summed E-state index contributed by atoms with van der Waals surface area (Å²) in [6.07, 6.45) is 4.41. The highest BCUT2D eigenvalue weighted by Gasteiger charge is 2.38. The van der Waals surface area contributed by atoms with E-state index in [1.54, 1.807) is 6.20 Å². The quantitative estimate of drug-likeness (QED) is 0.904. The van der Waals surface area contributed by atoms with Crippen molar-refractivity contribution in [3.63, 3.8) is 0 Å². The fourth-order valence-corrected chi connectivity index (χ4v) is 4.52. The Kier molecular flexibility index (Phi) is 4.37. The number of carbonyl (C=O) groups is 1. The summed E-state index contributed by atoms with van der Waals surface area (Å²) in [6.45, 7) is 3.78. The van der Waals surface area contributed by atoms with Gasteiger partial charge in [-0.1, -0.05) is 19.1 Å². The molecule has 2 atom stereocenters. The Morgan fingerprint density at radius 2 is 2.08 bits per heavy atom. The van der Waals surface area contributed by atoms with Crippen molar-refractivity contribution < 1.29 is 4.79 Å². The first-order valence-corrected chi connectivity index (χ1v) is 9.39. The maximum atomic E-state index is 12.8. The van der Waals surface area contributed by atoms with E-state index in [0.717, 1.165) is 43.3 Å². The largest absolute Gasteiger partial charge is 0.342 e. The molecule has 1 aliphatic heterocycles. The van der Waals surface area contributed by atoms with Crippen LogP contribution in [0.15, 0.2) is 30.5 Å². The monoisotopic (exact) mass is 348 g/mol. The SMILES string of the molecule is C[C@@H]1C[C@@H](c2ccc(C#N)c3ncccc23)CN(C(=O)C2CC(N)C2)C1. The maximum Gasteiger partial charge on any atom is 0.225 e. The topological polar surface area (TPSA) is 83.0 Å². The van der Waals surface area contributed by atoms with Crippen molar-refractivity contribution in [1.29, 1.82) is 5.26 Å². The molecule has 0 unspecified atom stereocenters. The molecule has 26 heavy (non-hydrogen) atoms. The average Bonchev–Trinajstić information content (AvgIpc) is 2.63. The van der Waals surface area contributed by atoms with Crippen molar-refractivity contribution in [3.8, 4) is 6.07 Å². The van der Waals surface area contributed by atoms with E-state index in [1.165, 1.54) is 5.56 Å². The molecule has 2 fully saturated rings. The number of nitriles is 1. The molecule has 1 saturated heterocycles.